The number of nitrogens with one attached hydrogen (secondary N) is 1. The summed E-state index contributed by atoms with van der Waals surface area (Å²) in [6, 6.07) is 0. The van der Waals surface area contributed by atoms with Gasteiger partial charge in [0.05, 0.1) is 19.5 Å². The van der Waals surface area contributed by atoms with Crippen LogP contribution in [0, 0.1) is 0 Å². The van der Waals surface area contributed by atoms with Crippen molar-refractivity contribution in [2.24, 2.45) is 0 Å². The number of amides is 2. The Morgan fingerprint density at radius 1 is 1.30 bits per heavy atom. The van der Waals surface area contributed by atoms with Gasteiger partial charge in [0, 0.05) is 18.8 Å². The molecule has 8 heteroatoms. The third-order valence-corrected chi connectivity index (χ3v) is 3.84. The molecule has 2 amide bonds. The molecule has 0 atom stereocenters. The van der Waals surface area contributed by atoms with Crippen LogP contribution in [0.5, 0.6) is 5.75 Å². The van der Waals surface area contributed by atoms with E-state index < -0.39 is 11.8 Å². The molecule has 0 unspecified atom stereocenters. The summed E-state index contributed by atoms with van der Waals surface area (Å²) in [5, 5.41) is 2.40. The summed E-state index contributed by atoms with van der Waals surface area (Å²) >= 11 is 1.79. The zero-order valence-electron chi connectivity index (χ0n) is 11.2. The first kappa shape index (κ1) is 14.6. The van der Waals surface area contributed by atoms with Crippen molar-refractivity contribution in [3.05, 3.63) is 12.4 Å². The third kappa shape index (κ3) is 3.83. The van der Waals surface area contributed by atoms with E-state index in [4.69, 9.17) is 4.74 Å². The number of nitrogens with zero attached hydrogens (tertiary/aromatic N) is 3. The van der Waals surface area contributed by atoms with Crippen molar-refractivity contribution >= 4 is 29.5 Å². The number of aromatic nitrogens is 2. The fourth-order valence-corrected chi connectivity index (χ4v) is 2.62. The van der Waals surface area contributed by atoms with E-state index in [-0.39, 0.29) is 5.95 Å². The molecule has 1 N–H and O–H groups in total. The van der Waals surface area contributed by atoms with E-state index in [0.29, 0.717) is 18.8 Å². The molecule has 0 radical (unpaired) electrons. The average Bonchev–Trinajstić information content (AvgIpc) is 2.76. The van der Waals surface area contributed by atoms with Gasteiger partial charge in [0.15, 0.2) is 5.75 Å². The van der Waals surface area contributed by atoms with Gasteiger partial charge in [-0.25, -0.2) is 9.97 Å². The van der Waals surface area contributed by atoms with Gasteiger partial charge in [0.1, 0.15) is 0 Å². The summed E-state index contributed by atoms with van der Waals surface area (Å²) in [6.07, 6.45) is 3.76. The van der Waals surface area contributed by atoms with Crippen molar-refractivity contribution in [1.82, 2.24) is 14.9 Å². The zero-order chi connectivity index (χ0) is 14.4. The highest BCUT2D eigenvalue weighted by Gasteiger charge is 2.23. The Kier molecular flexibility index (Phi) is 5.16. The number of carbonyl (C=O) groups is 2. The molecule has 1 aliphatic heterocycles. The molecule has 1 fully saturated rings. The number of methoxy groups -OCH3 is 1. The fourth-order valence-electron chi connectivity index (χ4n) is 1.73. The standard InChI is InChI=1S/C12H16N4O3S/c1-19-9-7-13-12(14-8-9)15-10(17)11(18)16-3-2-5-20-6-4-16/h7-8H,2-6H2,1H3,(H,13,14,15,17). The van der Waals surface area contributed by atoms with E-state index in [9.17, 15) is 9.59 Å². The molecule has 1 aromatic heterocycles. The van der Waals surface area contributed by atoms with Crippen LogP contribution >= 0.6 is 11.8 Å². The number of carbonyl (C=O) groups excluding carboxylic acids is 2. The molecule has 0 bridgehead atoms. The topological polar surface area (TPSA) is 84.4 Å². The van der Waals surface area contributed by atoms with Gasteiger partial charge in [0.2, 0.25) is 5.95 Å². The van der Waals surface area contributed by atoms with Gasteiger partial charge < -0.3 is 9.64 Å². The molecule has 7 nitrogen and oxygen atoms in total. The van der Waals surface area contributed by atoms with Crippen molar-refractivity contribution in [2.75, 3.05) is 37.0 Å². The highest BCUT2D eigenvalue weighted by atomic mass is 32.2. The van der Waals surface area contributed by atoms with E-state index in [1.807, 2.05) is 0 Å². The molecule has 2 heterocycles. The smallest absolute Gasteiger partial charge is 0.316 e. The van der Waals surface area contributed by atoms with Gasteiger partial charge in [-0.3, -0.25) is 14.9 Å². The van der Waals surface area contributed by atoms with E-state index in [1.54, 1.807) is 16.7 Å². The lowest BCUT2D eigenvalue weighted by Crippen LogP contribution is -2.41. The van der Waals surface area contributed by atoms with Crippen LogP contribution in [0.15, 0.2) is 12.4 Å². The summed E-state index contributed by atoms with van der Waals surface area (Å²) in [6.45, 7) is 1.21. The summed E-state index contributed by atoms with van der Waals surface area (Å²) in [4.78, 5) is 33.2. The maximum Gasteiger partial charge on any atom is 0.316 e. The monoisotopic (exact) mass is 296 g/mol. The first-order valence-electron chi connectivity index (χ1n) is 6.24. The number of hydrogen-bond donors (Lipinski definition) is 1. The highest BCUT2D eigenvalue weighted by molar-refractivity contribution is 7.99. The third-order valence-electron chi connectivity index (χ3n) is 2.79. The molecule has 108 valence electrons. The van der Waals surface area contributed by atoms with E-state index >= 15 is 0 Å². The molecular weight excluding hydrogens is 280 g/mol. The van der Waals surface area contributed by atoms with Gasteiger partial charge in [-0.2, -0.15) is 11.8 Å². The first-order valence-corrected chi connectivity index (χ1v) is 7.40. The van der Waals surface area contributed by atoms with Crippen LogP contribution in [0.2, 0.25) is 0 Å². The van der Waals surface area contributed by atoms with Crippen molar-refractivity contribution in [3.8, 4) is 5.75 Å². The second kappa shape index (κ2) is 7.09. The van der Waals surface area contributed by atoms with Gasteiger partial charge in [0.25, 0.3) is 0 Å². The van der Waals surface area contributed by atoms with Crippen LogP contribution in [0.1, 0.15) is 6.42 Å². The molecule has 20 heavy (non-hydrogen) atoms. The number of ether oxygens (including phenoxy) is 1. The molecule has 0 saturated carbocycles. The van der Waals surface area contributed by atoms with Crippen LogP contribution in [-0.2, 0) is 9.59 Å². The minimum absolute atomic E-state index is 0.0911. The minimum atomic E-state index is -0.706. The molecule has 1 aromatic rings. The molecule has 0 spiro atoms. The van der Waals surface area contributed by atoms with Gasteiger partial charge in [-0.15, -0.1) is 0 Å². The lowest BCUT2D eigenvalue weighted by molar-refractivity contribution is -0.142. The predicted octanol–water partition coefficient (Wildman–Crippen LogP) is 0.389. The minimum Gasteiger partial charge on any atom is -0.494 e. The molecule has 1 aliphatic rings. The van der Waals surface area contributed by atoms with Crippen LogP contribution in [0.3, 0.4) is 0 Å². The Balaban J connectivity index is 1.94. The number of anilines is 1. The van der Waals surface area contributed by atoms with Crippen LogP contribution in [-0.4, -0.2) is 58.4 Å². The average molecular weight is 296 g/mol. The Morgan fingerprint density at radius 3 is 2.75 bits per heavy atom. The Morgan fingerprint density at radius 2 is 2.05 bits per heavy atom. The van der Waals surface area contributed by atoms with Gasteiger partial charge in [-0.05, 0) is 12.2 Å². The molecule has 0 aliphatic carbocycles. The maximum absolute atomic E-state index is 12.0. The summed E-state index contributed by atoms with van der Waals surface area (Å²) in [5.74, 6) is 1.21. The van der Waals surface area contributed by atoms with Crippen molar-refractivity contribution in [1.29, 1.82) is 0 Å². The molecule has 2 rings (SSSR count). The van der Waals surface area contributed by atoms with Crippen molar-refractivity contribution in [2.45, 2.75) is 6.42 Å². The van der Waals surface area contributed by atoms with Crippen molar-refractivity contribution in [3.63, 3.8) is 0 Å². The van der Waals surface area contributed by atoms with E-state index in [0.717, 1.165) is 17.9 Å². The Bertz CT molecular complexity index is 472. The zero-order valence-corrected chi connectivity index (χ0v) is 12.0. The second-order valence-corrected chi connectivity index (χ2v) is 5.38. The lowest BCUT2D eigenvalue weighted by Gasteiger charge is -2.18. The van der Waals surface area contributed by atoms with Crippen LogP contribution in [0.4, 0.5) is 5.95 Å². The number of thioether (sulfide) groups is 1. The molecular formula is C12H16N4O3S. The van der Waals surface area contributed by atoms with Gasteiger partial charge >= 0.3 is 11.8 Å². The van der Waals surface area contributed by atoms with Crippen molar-refractivity contribution < 1.29 is 14.3 Å². The predicted molar refractivity (Wildman–Crippen MR) is 75.7 cm³/mol. The van der Waals surface area contributed by atoms with E-state index in [1.165, 1.54) is 19.5 Å². The fraction of sp³-hybridized carbons (Fsp3) is 0.500. The summed E-state index contributed by atoms with van der Waals surface area (Å²) in [5.41, 5.74) is 0. The normalized spacial score (nSPS) is 15.3. The highest BCUT2D eigenvalue weighted by Crippen LogP contribution is 2.11. The quantitative estimate of drug-likeness (QED) is 0.795. The van der Waals surface area contributed by atoms with Crippen LogP contribution in [0.25, 0.3) is 0 Å². The number of rotatable bonds is 2. The number of hydrogen-bond acceptors (Lipinski definition) is 6. The molecule has 1 saturated heterocycles. The molecule has 0 aromatic carbocycles. The Labute approximate surface area is 121 Å². The summed E-state index contributed by atoms with van der Waals surface area (Å²) in [7, 11) is 1.50. The van der Waals surface area contributed by atoms with E-state index in [2.05, 4.69) is 15.3 Å². The SMILES string of the molecule is COc1cnc(NC(=O)C(=O)N2CCCSCC2)nc1. The van der Waals surface area contributed by atoms with Gasteiger partial charge in [-0.1, -0.05) is 0 Å². The van der Waals surface area contributed by atoms with Crippen LogP contribution < -0.4 is 10.1 Å². The maximum atomic E-state index is 12.0. The second-order valence-electron chi connectivity index (χ2n) is 4.16. The largest absolute Gasteiger partial charge is 0.494 e. The first-order chi connectivity index (χ1) is 9.70. The summed E-state index contributed by atoms with van der Waals surface area (Å²) < 4.78 is 4.92. The Hall–Kier alpha value is -1.83. The lowest BCUT2D eigenvalue weighted by atomic mass is 10.3.